The lowest BCUT2D eigenvalue weighted by Crippen LogP contribution is -2.21. The van der Waals surface area contributed by atoms with E-state index in [1.54, 1.807) is 23.0 Å². The largest absolute Gasteiger partial charge is 0.488 e. The molecule has 0 bridgehead atoms. The number of amidine groups is 1. The summed E-state index contributed by atoms with van der Waals surface area (Å²) in [4.78, 5) is 4.26. The summed E-state index contributed by atoms with van der Waals surface area (Å²) in [6.45, 7) is 1.73. The molecular weight excluding hydrogens is 259 g/mol. The number of aliphatic imine (C=N–C) groups is 1. The van der Waals surface area contributed by atoms with Gasteiger partial charge in [-0.2, -0.15) is 5.10 Å². The van der Waals surface area contributed by atoms with Gasteiger partial charge in [0.1, 0.15) is 24.0 Å². The number of nitrogens with one attached hydrogen (secondary N) is 1. The second kappa shape index (κ2) is 5.32. The molecule has 0 fully saturated rings. The molecule has 0 spiro atoms. The highest BCUT2D eigenvalue weighted by Gasteiger charge is 2.18. The number of rotatable bonds is 4. The van der Waals surface area contributed by atoms with Gasteiger partial charge in [0, 0.05) is 25.4 Å². The minimum Gasteiger partial charge on any atom is -0.488 e. The maximum absolute atomic E-state index is 14.0. The monoisotopic (exact) mass is 274 g/mol. The Morgan fingerprint density at radius 1 is 1.45 bits per heavy atom. The topological polar surface area (TPSA) is 51.4 Å². The van der Waals surface area contributed by atoms with E-state index in [2.05, 4.69) is 15.4 Å². The van der Waals surface area contributed by atoms with E-state index in [1.807, 2.05) is 13.2 Å². The predicted octanol–water partition coefficient (Wildman–Crippen LogP) is 1.49. The maximum Gasteiger partial charge on any atom is 0.137 e. The molecule has 1 aromatic carbocycles. The first-order valence-corrected chi connectivity index (χ1v) is 6.41. The molecule has 0 amide bonds. The molecule has 0 saturated carbocycles. The minimum atomic E-state index is -0.332. The zero-order chi connectivity index (χ0) is 13.9. The smallest absolute Gasteiger partial charge is 0.137 e. The lowest BCUT2D eigenvalue weighted by atomic mass is 10.1. The van der Waals surface area contributed by atoms with Crippen LogP contribution in [0.5, 0.6) is 5.75 Å². The van der Waals surface area contributed by atoms with Crippen LogP contribution in [0.1, 0.15) is 11.1 Å². The fraction of sp³-hybridized carbons (Fsp3) is 0.286. The zero-order valence-corrected chi connectivity index (χ0v) is 11.1. The molecule has 20 heavy (non-hydrogen) atoms. The molecule has 1 N–H and O–H groups in total. The highest BCUT2D eigenvalue weighted by atomic mass is 19.1. The van der Waals surface area contributed by atoms with Crippen molar-refractivity contribution >= 4 is 5.84 Å². The Kier molecular flexibility index (Phi) is 3.37. The summed E-state index contributed by atoms with van der Waals surface area (Å²) in [6.07, 6.45) is 3.59. The Morgan fingerprint density at radius 3 is 3.05 bits per heavy atom. The molecule has 0 unspecified atom stereocenters. The molecule has 2 heterocycles. The molecule has 0 radical (unpaired) electrons. The van der Waals surface area contributed by atoms with Crippen molar-refractivity contribution in [3.8, 4) is 5.75 Å². The van der Waals surface area contributed by atoms with Crippen LogP contribution in [-0.2, 0) is 13.7 Å². The van der Waals surface area contributed by atoms with Gasteiger partial charge in [-0.25, -0.2) is 4.39 Å². The fourth-order valence-corrected chi connectivity index (χ4v) is 2.13. The molecule has 104 valence electrons. The van der Waals surface area contributed by atoms with Crippen LogP contribution in [-0.4, -0.2) is 28.7 Å². The summed E-state index contributed by atoms with van der Waals surface area (Å²) in [5, 5.41) is 7.14. The van der Waals surface area contributed by atoms with Gasteiger partial charge in [0.25, 0.3) is 0 Å². The molecule has 5 nitrogen and oxygen atoms in total. The Labute approximate surface area is 116 Å². The number of aryl methyl sites for hydroxylation is 1. The first-order chi connectivity index (χ1) is 9.74. The van der Waals surface area contributed by atoms with Crippen LogP contribution in [0, 0.1) is 5.82 Å². The van der Waals surface area contributed by atoms with Crippen LogP contribution in [0.15, 0.2) is 35.6 Å². The molecule has 0 saturated heterocycles. The third-order valence-electron chi connectivity index (χ3n) is 3.04. The number of benzene rings is 1. The Balaban J connectivity index is 1.83. The van der Waals surface area contributed by atoms with Crippen molar-refractivity contribution in [2.75, 3.05) is 13.1 Å². The van der Waals surface area contributed by atoms with Crippen LogP contribution >= 0.6 is 0 Å². The fourth-order valence-electron chi connectivity index (χ4n) is 2.13. The van der Waals surface area contributed by atoms with E-state index >= 15 is 0 Å². The second-order valence-electron chi connectivity index (χ2n) is 4.58. The molecule has 0 atom stereocenters. The highest BCUT2D eigenvalue weighted by Crippen LogP contribution is 2.23. The average Bonchev–Trinajstić information content (AvgIpc) is 3.08. The maximum atomic E-state index is 14.0. The summed E-state index contributed by atoms with van der Waals surface area (Å²) >= 11 is 0. The van der Waals surface area contributed by atoms with Crippen molar-refractivity contribution in [1.82, 2.24) is 15.1 Å². The van der Waals surface area contributed by atoms with Crippen LogP contribution < -0.4 is 10.1 Å². The molecule has 1 aliphatic rings. The van der Waals surface area contributed by atoms with Crippen LogP contribution in [0.25, 0.3) is 0 Å². The quantitative estimate of drug-likeness (QED) is 0.919. The van der Waals surface area contributed by atoms with Crippen LogP contribution in [0.4, 0.5) is 4.39 Å². The number of aromatic nitrogens is 2. The second-order valence-corrected chi connectivity index (χ2v) is 4.58. The van der Waals surface area contributed by atoms with Crippen molar-refractivity contribution in [3.05, 3.63) is 47.5 Å². The molecule has 0 aliphatic carbocycles. The van der Waals surface area contributed by atoms with Gasteiger partial charge in [-0.15, -0.1) is 0 Å². The third-order valence-corrected chi connectivity index (χ3v) is 3.04. The molecule has 6 heteroatoms. The van der Waals surface area contributed by atoms with Gasteiger partial charge < -0.3 is 10.1 Å². The molecule has 1 aliphatic heterocycles. The van der Waals surface area contributed by atoms with Gasteiger partial charge >= 0.3 is 0 Å². The predicted molar refractivity (Wildman–Crippen MR) is 73.3 cm³/mol. The molecule has 2 aromatic rings. The van der Waals surface area contributed by atoms with E-state index in [-0.39, 0.29) is 5.82 Å². The highest BCUT2D eigenvalue weighted by molar-refractivity contribution is 6.02. The standard InChI is InChI=1S/C14H15FN4O/c1-19-8-10(7-18-19)9-20-12-4-2-3-11(15)13(12)14-16-5-6-17-14/h2-4,7-8H,5-6,9H2,1H3,(H,16,17). The van der Waals surface area contributed by atoms with Crippen molar-refractivity contribution in [3.63, 3.8) is 0 Å². The zero-order valence-electron chi connectivity index (χ0n) is 11.1. The summed E-state index contributed by atoms with van der Waals surface area (Å²) in [5.41, 5.74) is 1.33. The van der Waals surface area contributed by atoms with E-state index in [9.17, 15) is 4.39 Å². The summed E-state index contributed by atoms with van der Waals surface area (Å²) < 4.78 is 21.4. The van der Waals surface area contributed by atoms with E-state index in [0.29, 0.717) is 30.3 Å². The van der Waals surface area contributed by atoms with Gasteiger partial charge in [0.05, 0.1) is 18.3 Å². The molecule has 3 rings (SSSR count). The van der Waals surface area contributed by atoms with E-state index in [4.69, 9.17) is 4.74 Å². The summed E-state index contributed by atoms with van der Waals surface area (Å²) in [6, 6.07) is 4.79. The van der Waals surface area contributed by atoms with Gasteiger partial charge in [-0.05, 0) is 12.1 Å². The van der Waals surface area contributed by atoms with Crippen molar-refractivity contribution < 1.29 is 9.13 Å². The van der Waals surface area contributed by atoms with E-state index in [1.165, 1.54) is 6.07 Å². The lowest BCUT2D eigenvalue weighted by molar-refractivity contribution is 0.303. The Morgan fingerprint density at radius 2 is 2.35 bits per heavy atom. The van der Waals surface area contributed by atoms with Gasteiger partial charge in [-0.1, -0.05) is 6.07 Å². The SMILES string of the molecule is Cn1cc(COc2cccc(F)c2C2=NCCN2)cn1. The number of ether oxygens (including phenoxy) is 1. The van der Waals surface area contributed by atoms with Gasteiger partial charge in [0.2, 0.25) is 0 Å². The minimum absolute atomic E-state index is 0.332. The van der Waals surface area contributed by atoms with Crippen LogP contribution in [0.2, 0.25) is 0 Å². The molecule has 1 aromatic heterocycles. The number of halogens is 1. The third kappa shape index (κ3) is 2.49. The van der Waals surface area contributed by atoms with Crippen molar-refractivity contribution in [2.45, 2.75) is 6.61 Å². The lowest BCUT2D eigenvalue weighted by Gasteiger charge is -2.12. The summed E-state index contributed by atoms with van der Waals surface area (Å²) in [7, 11) is 1.84. The Bertz CT molecular complexity index is 650. The average molecular weight is 274 g/mol. The normalized spacial score (nSPS) is 14.0. The molecular formula is C14H15FN4O. The van der Waals surface area contributed by atoms with Crippen molar-refractivity contribution in [1.29, 1.82) is 0 Å². The summed E-state index contributed by atoms with van der Waals surface area (Å²) in [5.74, 6) is 0.716. The first kappa shape index (κ1) is 12.7. The van der Waals surface area contributed by atoms with Crippen LogP contribution in [0.3, 0.4) is 0 Å². The van der Waals surface area contributed by atoms with Gasteiger partial charge in [0.15, 0.2) is 0 Å². The van der Waals surface area contributed by atoms with Gasteiger partial charge in [-0.3, -0.25) is 9.67 Å². The first-order valence-electron chi connectivity index (χ1n) is 6.41. The number of nitrogens with zero attached hydrogens (tertiary/aromatic N) is 3. The van der Waals surface area contributed by atoms with E-state index < -0.39 is 0 Å². The van der Waals surface area contributed by atoms with E-state index in [0.717, 1.165) is 12.1 Å². The van der Waals surface area contributed by atoms with Crippen molar-refractivity contribution in [2.24, 2.45) is 12.0 Å². The number of hydrogen-bond donors (Lipinski definition) is 1. The Hall–Kier alpha value is -2.37. The number of hydrogen-bond acceptors (Lipinski definition) is 4.